The zero-order chi connectivity index (χ0) is 11.8. The number of H-pyrrole nitrogens is 1. The molecule has 0 spiro atoms. The van der Waals surface area contributed by atoms with Crippen LogP contribution in [-0.4, -0.2) is 15.0 Å². The number of nitrogens with zero attached hydrogens (tertiary/aromatic N) is 2. The lowest BCUT2D eigenvalue weighted by Crippen LogP contribution is -1.95. The zero-order valence-electron chi connectivity index (χ0n) is 9.44. The molecule has 0 radical (unpaired) electrons. The van der Waals surface area contributed by atoms with Crippen LogP contribution in [0, 0.1) is 6.92 Å². The highest BCUT2D eigenvalue weighted by atomic mass is 15.0. The quantitative estimate of drug-likeness (QED) is 0.667. The topological polar surface area (TPSA) is 67.6 Å². The summed E-state index contributed by atoms with van der Waals surface area (Å²) in [5.74, 6) is 1.18. The van der Waals surface area contributed by atoms with Crippen LogP contribution in [0.2, 0.25) is 0 Å². The Morgan fingerprint density at radius 2 is 1.88 bits per heavy atom. The van der Waals surface area contributed by atoms with Gasteiger partial charge in [0.2, 0.25) is 0 Å². The van der Waals surface area contributed by atoms with Gasteiger partial charge in [-0.05, 0) is 18.6 Å². The van der Waals surface area contributed by atoms with Gasteiger partial charge in [0.1, 0.15) is 11.3 Å². The SMILES string of the molecule is Cc1nc(N)c2[nH]c(-c3ccccc3)cc2n1. The van der Waals surface area contributed by atoms with Crippen LogP contribution in [-0.2, 0) is 0 Å². The number of aromatic amines is 1. The lowest BCUT2D eigenvalue weighted by molar-refractivity contribution is 1.10. The van der Waals surface area contributed by atoms with E-state index in [4.69, 9.17) is 5.73 Å². The third-order valence-corrected chi connectivity index (χ3v) is 2.70. The van der Waals surface area contributed by atoms with Crippen molar-refractivity contribution in [2.24, 2.45) is 0 Å². The number of nitrogens with one attached hydrogen (secondary N) is 1. The summed E-state index contributed by atoms with van der Waals surface area (Å²) in [7, 11) is 0. The number of aryl methyl sites for hydroxylation is 1. The predicted molar refractivity (Wildman–Crippen MR) is 68.5 cm³/mol. The van der Waals surface area contributed by atoms with E-state index in [1.165, 1.54) is 0 Å². The molecule has 2 aromatic heterocycles. The molecular formula is C13H12N4. The zero-order valence-corrected chi connectivity index (χ0v) is 9.44. The lowest BCUT2D eigenvalue weighted by atomic mass is 10.2. The van der Waals surface area contributed by atoms with E-state index in [9.17, 15) is 0 Å². The van der Waals surface area contributed by atoms with Gasteiger partial charge in [-0.25, -0.2) is 9.97 Å². The Hall–Kier alpha value is -2.36. The molecule has 0 saturated carbocycles. The van der Waals surface area contributed by atoms with E-state index >= 15 is 0 Å². The third-order valence-electron chi connectivity index (χ3n) is 2.70. The minimum absolute atomic E-state index is 0.495. The van der Waals surface area contributed by atoms with E-state index in [1.807, 2.05) is 43.3 Å². The molecule has 17 heavy (non-hydrogen) atoms. The maximum Gasteiger partial charge on any atom is 0.151 e. The number of nitrogen functional groups attached to an aromatic ring is 1. The van der Waals surface area contributed by atoms with Crippen LogP contribution in [0.25, 0.3) is 22.3 Å². The van der Waals surface area contributed by atoms with Crippen molar-refractivity contribution in [2.45, 2.75) is 6.92 Å². The smallest absolute Gasteiger partial charge is 0.151 e. The number of aromatic nitrogens is 3. The fraction of sp³-hybridized carbons (Fsp3) is 0.0769. The molecule has 3 N–H and O–H groups in total. The maximum absolute atomic E-state index is 5.87. The Bertz CT molecular complexity index is 670. The van der Waals surface area contributed by atoms with Crippen LogP contribution in [0.1, 0.15) is 5.82 Å². The van der Waals surface area contributed by atoms with Gasteiger partial charge in [-0.15, -0.1) is 0 Å². The van der Waals surface area contributed by atoms with Crippen molar-refractivity contribution in [3.8, 4) is 11.3 Å². The van der Waals surface area contributed by atoms with E-state index in [1.54, 1.807) is 0 Å². The molecule has 0 atom stereocenters. The molecule has 0 aliphatic rings. The van der Waals surface area contributed by atoms with Gasteiger partial charge >= 0.3 is 0 Å². The molecular weight excluding hydrogens is 212 g/mol. The lowest BCUT2D eigenvalue weighted by Gasteiger charge is -1.96. The van der Waals surface area contributed by atoms with Crippen molar-refractivity contribution in [3.63, 3.8) is 0 Å². The minimum atomic E-state index is 0.495. The molecule has 1 aromatic carbocycles. The van der Waals surface area contributed by atoms with Gasteiger partial charge in [-0.1, -0.05) is 30.3 Å². The Kier molecular flexibility index (Phi) is 2.08. The molecule has 4 heteroatoms. The fourth-order valence-electron chi connectivity index (χ4n) is 1.93. The van der Waals surface area contributed by atoms with Gasteiger partial charge in [0.25, 0.3) is 0 Å². The first-order chi connectivity index (χ1) is 8.24. The monoisotopic (exact) mass is 224 g/mol. The van der Waals surface area contributed by atoms with Gasteiger partial charge in [0.05, 0.1) is 5.52 Å². The molecule has 84 valence electrons. The Labute approximate surface area is 98.5 Å². The molecule has 0 aliphatic carbocycles. The van der Waals surface area contributed by atoms with E-state index in [0.29, 0.717) is 11.6 Å². The number of fused-ring (bicyclic) bond motifs is 1. The van der Waals surface area contributed by atoms with Crippen LogP contribution >= 0.6 is 0 Å². The van der Waals surface area contributed by atoms with Gasteiger partial charge in [-0.2, -0.15) is 0 Å². The molecule has 0 unspecified atom stereocenters. The molecule has 0 aliphatic heterocycles. The van der Waals surface area contributed by atoms with Crippen molar-refractivity contribution in [2.75, 3.05) is 5.73 Å². The number of benzene rings is 1. The number of rotatable bonds is 1. The van der Waals surface area contributed by atoms with E-state index in [0.717, 1.165) is 22.3 Å². The fourth-order valence-corrected chi connectivity index (χ4v) is 1.93. The van der Waals surface area contributed by atoms with Crippen LogP contribution in [0.4, 0.5) is 5.82 Å². The number of anilines is 1. The van der Waals surface area contributed by atoms with Crippen molar-refractivity contribution in [1.82, 2.24) is 15.0 Å². The summed E-state index contributed by atoms with van der Waals surface area (Å²) in [5.41, 5.74) is 9.64. The van der Waals surface area contributed by atoms with Gasteiger partial charge in [0.15, 0.2) is 5.82 Å². The third kappa shape index (κ3) is 1.63. The first-order valence-electron chi connectivity index (χ1n) is 5.42. The molecule has 3 aromatic rings. The van der Waals surface area contributed by atoms with Gasteiger partial charge < -0.3 is 10.7 Å². The molecule has 2 heterocycles. The standard InChI is InChI=1S/C13H12N4/c1-8-15-11-7-10(9-5-3-2-4-6-9)17-12(11)13(14)16-8/h2-7,17H,1H3,(H2,14,15,16). The molecule has 0 saturated heterocycles. The summed E-state index contributed by atoms with van der Waals surface area (Å²) in [5, 5.41) is 0. The summed E-state index contributed by atoms with van der Waals surface area (Å²) >= 11 is 0. The second kappa shape index (κ2) is 3.59. The molecule has 0 amide bonds. The number of nitrogens with two attached hydrogens (primary N) is 1. The highest BCUT2D eigenvalue weighted by Gasteiger charge is 2.08. The van der Waals surface area contributed by atoms with Gasteiger partial charge in [-0.3, -0.25) is 0 Å². The Balaban J connectivity index is 2.24. The number of hydrogen-bond acceptors (Lipinski definition) is 3. The first kappa shape index (κ1) is 9.84. The van der Waals surface area contributed by atoms with Crippen LogP contribution in [0.5, 0.6) is 0 Å². The summed E-state index contributed by atoms with van der Waals surface area (Å²) in [6, 6.07) is 12.1. The Morgan fingerprint density at radius 1 is 1.12 bits per heavy atom. The highest BCUT2D eigenvalue weighted by Crippen LogP contribution is 2.25. The van der Waals surface area contributed by atoms with Crippen molar-refractivity contribution in [1.29, 1.82) is 0 Å². The van der Waals surface area contributed by atoms with Crippen molar-refractivity contribution >= 4 is 16.9 Å². The molecule has 0 bridgehead atoms. The molecule has 4 nitrogen and oxygen atoms in total. The van der Waals surface area contributed by atoms with Crippen molar-refractivity contribution in [3.05, 3.63) is 42.2 Å². The normalized spacial score (nSPS) is 10.9. The average Bonchev–Trinajstić information content (AvgIpc) is 2.74. The second-order valence-electron chi connectivity index (χ2n) is 3.97. The predicted octanol–water partition coefficient (Wildman–Crippen LogP) is 2.52. The minimum Gasteiger partial charge on any atom is -0.382 e. The maximum atomic E-state index is 5.87. The van der Waals surface area contributed by atoms with Crippen LogP contribution < -0.4 is 5.73 Å². The molecule has 3 rings (SSSR count). The second-order valence-corrected chi connectivity index (χ2v) is 3.97. The summed E-state index contributed by atoms with van der Waals surface area (Å²) in [4.78, 5) is 11.8. The van der Waals surface area contributed by atoms with E-state index in [-0.39, 0.29) is 0 Å². The summed E-state index contributed by atoms with van der Waals surface area (Å²) in [6.07, 6.45) is 0. The van der Waals surface area contributed by atoms with Crippen LogP contribution in [0.3, 0.4) is 0 Å². The Morgan fingerprint density at radius 3 is 2.65 bits per heavy atom. The number of hydrogen-bond donors (Lipinski definition) is 2. The first-order valence-corrected chi connectivity index (χ1v) is 5.42. The van der Waals surface area contributed by atoms with E-state index < -0.39 is 0 Å². The van der Waals surface area contributed by atoms with Crippen molar-refractivity contribution < 1.29 is 0 Å². The largest absolute Gasteiger partial charge is 0.382 e. The van der Waals surface area contributed by atoms with Gasteiger partial charge in [0, 0.05) is 5.69 Å². The average molecular weight is 224 g/mol. The highest BCUT2D eigenvalue weighted by molar-refractivity contribution is 5.89. The summed E-state index contributed by atoms with van der Waals surface area (Å²) in [6.45, 7) is 1.84. The van der Waals surface area contributed by atoms with Crippen LogP contribution in [0.15, 0.2) is 36.4 Å². The van der Waals surface area contributed by atoms with E-state index in [2.05, 4.69) is 15.0 Å². The summed E-state index contributed by atoms with van der Waals surface area (Å²) < 4.78 is 0. The molecule has 0 fully saturated rings.